The monoisotopic (exact) mass is 386 g/mol. The molecule has 1 saturated heterocycles. The highest BCUT2D eigenvalue weighted by Crippen LogP contribution is 2.29. The van der Waals surface area contributed by atoms with E-state index in [4.69, 9.17) is 16.3 Å². The molecule has 0 aromatic heterocycles. The van der Waals surface area contributed by atoms with Gasteiger partial charge in [0.1, 0.15) is 6.61 Å². The zero-order valence-electron chi connectivity index (χ0n) is 15.5. The van der Waals surface area contributed by atoms with Crippen LogP contribution in [0.15, 0.2) is 48.5 Å². The van der Waals surface area contributed by atoms with Crippen molar-refractivity contribution in [3.8, 4) is 0 Å². The van der Waals surface area contributed by atoms with Gasteiger partial charge >= 0.3 is 0 Å². The Kier molecular flexibility index (Phi) is 5.82. The minimum Gasteiger partial charge on any atom is -0.370 e. The Morgan fingerprint density at radius 1 is 1.15 bits per heavy atom. The molecule has 0 unspecified atom stereocenters. The van der Waals surface area contributed by atoms with E-state index in [1.165, 1.54) is 0 Å². The number of nitrogens with one attached hydrogen (secondary N) is 1. The molecule has 1 fully saturated rings. The van der Waals surface area contributed by atoms with Gasteiger partial charge in [0, 0.05) is 29.4 Å². The number of hydrogen-bond acceptors (Lipinski definition) is 3. The van der Waals surface area contributed by atoms with E-state index in [1.807, 2.05) is 62.4 Å². The predicted molar refractivity (Wildman–Crippen MR) is 107 cm³/mol. The van der Waals surface area contributed by atoms with Gasteiger partial charge in [0.15, 0.2) is 0 Å². The molecule has 5 nitrogen and oxygen atoms in total. The standard InChI is InChI=1S/C21H23ClN2O3/c1-21(2,15-3-5-16(22)6-4-15)13-19(25)23-17-7-9-18(10-8-17)24-11-12-27-14-20(24)26/h3-10H,11-14H2,1-2H3,(H,23,25). The number of morpholine rings is 1. The second-order valence-corrected chi connectivity index (χ2v) is 7.70. The van der Waals surface area contributed by atoms with Crippen molar-refractivity contribution in [3.63, 3.8) is 0 Å². The molecule has 2 aromatic carbocycles. The molecule has 0 spiro atoms. The van der Waals surface area contributed by atoms with Gasteiger partial charge in [-0.25, -0.2) is 0 Å². The third-order valence-corrected chi connectivity index (χ3v) is 4.93. The van der Waals surface area contributed by atoms with Crippen LogP contribution >= 0.6 is 11.6 Å². The molecule has 0 aliphatic carbocycles. The Morgan fingerprint density at radius 3 is 2.44 bits per heavy atom. The summed E-state index contributed by atoms with van der Waals surface area (Å²) >= 11 is 5.94. The van der Waals surface area contributed by atoms with Crippen LogP contribution in [0.1, 0.15) is 25.8 Å². The maximum absolute atomic E-state index is 12.5. The number of benzene rings is 2. The summed E-state index contributed by atoms with van der Waals surface area (Å²) in [5.74, 6) is -0.118. The zero-order chi connectivity index (χ0) is 19.4. The summed E-state index contributed by atoms with van der Waals surface area (Å²) in [4.78, 5) is 26.1. The summed E-state index contributed by atoms with van der Waals surface area (Å²) in [7, 11) is 0. The van der Waals surface area contributed by atoms with Crippen molar-refractivity contribution in [1.82, 2.24) is 0 Å². The van der Waals surface area contributed by atoms with Crippen LogP contribution in [-0.2, 0) is 19.7 Å². The van der Waals surface area contributed by atoms with Crippen molar-refractivity contribution in [1.29, 1.82) is 0 Å². The Hall–Kier alpha value is -2.37. The van der Waals surface area contributed by atoms with Gasteiger partial charge < -0.3 is 15.0 Å². The maximum Gasteiger partial charge on any atom is 0.253 e. The first-order valence-electron chi connectivity index (χ1n) is 8.89. The van der Waals surface area contributed by atoms with Crippen molar-refractivity contribution in [3.05, 3.63) is 59.1 Å². The van der Waals surface area contributed by atoms with E-state index in [9.17, 15) is 9.59 Å². The number of anilines is 2. The van der Waals surface area contributed by atoms with Crippen LogP contribution in [-0.4, -0.2) is 31.6 Å². The van der Waals surface area contributed by atoms with Gasteiger partial charge in [-0.15, -0.1) is 0 Å². The fourth-order valence-corrected chi connectivity index (χ4v) is 3.25. The van der Waals surface area contributed by atoms with Crippen LogP contribution in [0.5, 0.6) is 0 Å². The van der Waals surface area contributed by atoms with Crippen molar-refractivity contribution < 1.29 is 14.3 Å². The average Bonchev–Trinajstić information content (AvgIpc) is 2.63. The van der Waals surface area contributed by atoms with Crippen molar-refractivity contribution in [2.45, 2.75) is 25.7 Å². The molecule has 3 rings (SSSR count). The summed E-state index contributed by atoms with van der Waals surface area (Å²) in [5, 5.41) is 3.61. The number of nitrogens with zero attached hydrogens (tertiary/aromatic N) is 1. The first kappa shape index (κ1) is 19.4. The number of carbonyl (C=O) groups excluding carboxylic acids is 2. The number of amides is 2. The van der Waals surface area contributed by atoms with Crippen LogP contribution in [0.2, 0.25) is 5.02 Å². The van der Waals surface area contributed by atoms with E-state index >= 15 is 0 Å². The molecular formula is C21H23ClN2O3. The van der Waals surface area contributed by atoms with Gasteiger partial charge in [0.05, 0.1) is 6.61 Å². The van der Waals surface area contributed by atoms with Gasteiger partial charge in [-0.1, -0.05) is 37.6 Å². The van der Waals surface area contributed by atoms with E-state index < -0.39 is 0 Å². The highest BCUT2D eigenvalue weighted by molar-refractivity contribution is 6.30. The smallest absolute Gasteiger partial charge is 0.253 e. The molecule has 0 atom stereocenters. The molecule has 0 radical (unpaired) electrons. The molecule has 2 amide bonds. The molecule has 6 heteroatoms. The predicted octanol–water partition coefficient (Wildman–Crippen LogP) is 4.01. The quantitative estimate of drug-likeness (QED) is 0.844. The zero-order valence-corrected chi connectivity index (χ0v) is 16.3. The first-order valence-corrected chi connectivity index (χ1v) is 9.27. The van der Waals surface area contributed by atoms with Crippen molar-refractivity contribution in [2.24, 2.45) is 0 Å². The lowest BCUT2D eigenvalue weighted by atomic mass is 9.81. The summed E-state index contributed by atoms with van der Waals surface area (Å²) in [6.07, 6.45) is 0.346. The number of ether oxygens (including phenoxy) is 1. The topological polar surface area (TPSA) is 58.6 Å². The molecule has 2 aromatic rings. The van der Waals surface area contributed by atoms with Crippen LogP contribution in [0, 0.1) is 0 Å². The van der Waals surface area contributed by atoms with Gasteiger partial charge in [-0.2, -0.15) is 0 Å². The second-order valence-electron chi connectivity index (χ2n) is 7.26. The Labute approximate surface area is 164 Å². The molecule has 1 heterocycles. The van der Waals surface area contributed by atoms with E-state index in [-0.39, 0.29) is 23.8 Å². The molecule has 1 N–H and O–H groups in total. The summed E-state index contributed by atoms with van der Waals surface area (Å²) in [6.45, 7) is 5.24. The van der Waals surface area contributed by atoms with Gasteiger partial charge in [0.2, 0.25) is 5.91 Å². The van der Waals surface area contributed by atoms with Crippen molar-refractivity contribution >= 4 is 34.8 Å². The third-order valence-electron chi connectivity index (χ3n) is 4.68. The van der Waals surface area contributed by atoms with Crippen LogP contribution < -0.4 is 10.2 Å². The number of rotatable bonds is 5. The first-order chi connectivity index (χ1) is 12.8. The van der Waals surface area contributed by atoms with E-state index in [0.717, 1.165) is 11.3 Å². The van der Waals surface area contributed by atoms with Gasteiger partial charge in [-0.3, -0.25) is 9.59 Å². The Balaban J connectivity index is 1.62. The molecule has 0 bridgehead atoms. The summed E-state index contributed by atoms with van der Waals surface area (Å²) in [5.41, 5.74) is 2.26. The number of hydrogen-bond donors (Lipinski definition) is 1. The normalized spacial score (nSPS) is 14.9. The molecule has 1 aliphatic heterocycles. The lowest BCUT2D eigenvalue weighted by Gasteiger charge is -2.27. The fourth-order valence-electron chi connectivity index (χ4n) is 3.13. The average molecular weight is 387 g/mol. The van der Waals surface area contributed by atoms with E-state index in [2.05, 4.69) is 5.32 Å². The second kappa shape index (κ2) is 8.11. The minimum absolute atomic E-state index is 0.0530. The van der Waals surface area contributed by atoms with Crippen LogP contribution in [0.4, 0.5) is 11.4 Å². The SMILES string of the molecule is CC(C)(CC(=O)Nc1ccc(N2CCOCC2=O)cc1)c1ccc(Cl)cc1. The molecule has 27 heavy (non-hydrogen) atoms. The lowest BCUT2D eigenvalue weighted by molar-refractivity contribution is -0.125. The lowest BCUT2D eigenvalue weighted by Crippen LogP contribution is -2.41. The molecule has 142 valence electrons. The summed E-state index contributed by atoms with van der Waals surface area (Å²) in [6, 6.07) is 14.9. The van der Waals surface area contributed by atoms with Gasteiger partial charge in [0.25, 0.3) is 5.91 Å². The molecule has 1 aliphatic rings. The number of carbonyl (C=O) groups is 2. The largest absolute Gasteiger partial charge is 0.370 e. The number of halogens is 1. The highest BCUT2D eigenvalue weighted by Gasteiger charge is 2.24. The highest BCUT2D eigenvalue weighted by atomic mass is 35.5. The maximum atomic E-state index is 12.5. The Morgan fingerprint density at radius 2 is 1.81 bits per heavy atom. The van der Waals surface area contributed by atoms with Crippen molar-refractivity contribution in [2.75, 3.05) is 30.0 Å². The van der Waals surface area contributed by atoms with Crippen LogP contribution in [0.3, 0.4) is 0 Å². The molecular weight excluding hydrogens is 364 g/mol. The van der Waals surface area contributed by atoms with E-state index in [1.54, 1.807) is 4.90 Å². The third kappa shape index (κ3) is 4.87. The van der Waals surface area contributed by atoms with E-state index in [0.29, 0.717) is 30.3 Å². The summed E-state index contributed by atoms with van der Waals surface area (Å²) < 4.78 is 5.14. The minimum atomic E-state index is -0.311. The Bertz CT molecular complexity index is 816. The van der Waals surface area contributed by atoms with Gasteiger partial charge in [-0.05, 0) is 47.4 Å². The molecule has 0 saturated carbocycles. The fraction of sp³-hybridized carbons (Fsp3) is 0.333. The van der Waals surface area contributed by atoms with Crippen LogP contribution in [0.25, 0.3) is 0 Å².